The number of oxazole rings is 2. The van der Waals surface area contributed by atoms with E-state index < -0.39 is 0 Å². The van der Waals surface area contributed by atoms with E-state index in [2.05, 4.69) is 77.4 Å². The molecule has 0 spiro atoms. The van der Waals surface area contributed by atoms with Gasteiger partial charge in [-0.15, -0.1) is 0 Å². The van der Waals surface area contributed by atoms with E-state index in [1.165, 1.54) is 0 Å². The minimum atomic E-state index is 0.466. The lowest BCUT2D eigenvalue weighted by molar-refractivity contribution is 0.617. The molecule has 0 N–H and O–H groups in total. The summed E-state index contributed by atoms with van der Waals surface area (Å²) in [7, 11) is 0. The zero-order valence-corrected chi connectivity index (χ0v) is 29.2. The highest BCUT2D eigenvalue weighted by molar-refractivity contribution is 6.09. The quantitative estimate of drug-likeness (QED) is 0.170. The molecule has 0 amide bonds. The predicted octanol–water partition coefficient (Wildman–Crippen LogP) is 11.6. The molecule has 8 nitrogen and oxygen atoms in total. The van der Waals surface area contributed by atoms with Crippen LogP contribution in [0.5, 0.6) is 0 Å². The Hall–Kier alpha value is -7.71. The molecular formula is C47H28N6O2. The Balaban J connectivity index is 1.16. The van der Waals surface area contributed by atoms with Crippen LogP contribution in [0.25, 0.3) is 107 Å². The first kappa shape index (κ1) is 30.9. The molecular weight excluding hydrogens is 681 g/mol. The van der Waals surface area contributed by atoms with Gasteiger partial charge in [0.15, 0.2) is 22.8 Å². The largest absolute Gasteiger partial charge is 0.436 e. The SMILES string of the molecule is c1ccc(-c2ccc(-c3nc(-c4cc(-c5nc6ccccc6o5)cc(-c5nc6ccccc6o5)c4)nc(-n4c5ccccc5c5ccccc54)n3)cc2)cc1. The molecule has 0 radical (unpaired) electrons. The molecule has 8 heteroatoms. The van der Waals surface area contributed by atoms with E-state index in [1.807, 2.05) is 97.1 Å². The maximum Gasteiger partial charge on any atom is 0.238 e. The van der Waals surface area contributed by atoms with Crippen LogP contribution in [-0.2, 0) is 0 Å². The lowest BCUT2D eigenvalue weighted by atomic mass is 10.0. The molecule has 0 atom stereocenters. The third-order valence-corrected chi connectivity index (χ3v) is 9.93. The highest BCUT2D eigenvalue weighted by Crippen LogP contribution is 2.36. The monoisotopic (exact) mass is 708 g/mol. The highest BCUT2D eigenvalue weighted by Gasteiger charge is 2.21. The fraction of sp³-hybridized carbons (Fsp3) is 0. The summed E-state index contributed by atoms with van der Waals surface area (Å²) in [5, 5.41) is 2.23. The number of hydrogen-bond donors (Lipinski definition) is 0. The summed E-state index contributed by atoms with van der Waals surface area (Å²) in [5.41, 5.74) is 10.2. The maximum atomic E-state index is 6.30. The van der Waals surface area contributed by atoms with Gasteiger partial charge in [-0.2, -0.15) is 9.97 Å². The second-order valence-electron chi connectivity index (χ2n) is 13.4. The second kappa shape index (κ2) is 12.5. The molecule has 11 aromatic rings. The van der Waals surface area contributed by atoms with Gasteiger partial charge in [0.05, 0.1) is 11.0 Å². The lowest BCUT2D eigenvalue weighted by Gasteiger charge is -2.12. The lowest BCUT2D eigenvalue weighted by Crippen LogP contribution is -2.06. The van der Waals surface area contributed by atoms with Crippen molar-refractivity contribution < 1.29 is 8.83 Å². The summed E-state index contributed by atoms with van der Waals surface area (Å²) < 4.78 is 14.7. The van der Waals surface area contributed by atoms with Crippen LogP contribution < -0.4 is 0 Å². The molecule has 11 rings (SSSR count). The molecule has 0 aliphatic rings. The normalized spacial score (nSPS) is 11.6. The third-order valence-electron chi connectivity index (χ3n) is 9.93. The van der Waals surface area contributed by atoms with Crippen LogP contribution >= 0.6 is 0 Å². The van der Waals surface area contributed by atoms with Gasteiger partial charge in [-0.1, -0.05) is 115 Å². The Morgan fingerprint density at radius 2 is 0.800 bits per heavy atom. The van der Waals surface area contributed by atoms with Crippen LogP contribution in [0, 0.1) is 0 Å². The van der Waals surface area contributed by atoms with E-state index >= 15 is 0 Å². The van der Waals surface area contributed by atoms with Crippen molar-refractivity contribution in [2.75, 3.05) is 0 Å². The van der Waals surface area contributed by atoms with E-state index in [1.54, 1.807) is 0 Å². The molecule has 4 aromatic heterocycles. The number of fused-ring (bicyclic) bond motifs is 5. The smallest absolute Gasteiger partial charge is 0.238 e. The highest BCUT2D eigenvalue weighted by atomic mass is 16.4. The number of para-hydroxylation sites is 6. The molecule has 55 heavy (non-hydrogen) atoms. The van der Waals surface area contributed by atoms with E-state index in [0.29, 0.717) is 40.5 Å². The standard InChI is InChI=1S/C47H28N6O2/c1-2-12-29(13-3-1)30-22-24-31(25-23-30)43-50-44(52-47(51-43)53-39-18-8-4-14-35(39)36-15-5-9-19-40(36)53)32-26-33(45-48-37-16-6-10-20-41(37)54-45)28-34(27-32)46-49-38-17-7-11-21-42(38)55-46/h1-28H. The maximum absolute atomic E-state index is 6.30. The van der Waals surface area contributed by atoms with E-state index in [4.69, 9.17) is 33.8 Å². The zero-order valence-electron chi connectivity index (χ0n) is 29.2. The van der Waals surface area contributed by atoms with Crippen molar-refractivity contribution in [3.8, 4) is 62.8 Å². The summed E-state index contributed by atoms with van der Waals surface area (Å²) in [6.07, 6.45) is 0. The molecule has 0 aliphatic heterocycles. The van der Waals surface area contributed by atoms with Crippen LogP contribution in [0.3, 0.4) is 0 Å². The predicted molar refractivity (Wildman–Crippen MR) is 216 cm³/mol. The topological polar surface area (TPSA) is 95.7 Å². The second-order valence-corrected chi connectivity index (χ2v) is 13.4. The molecule has 0 saturated heterocycles. The fourth-order valence-electron chi connectivity index (χ4n) is 7.30. The van der Waals surface area contributed by atoms with Gasteiger partial charge in [-0.05, 0) is 65.7 Å². The molecule has 0 fully saturated rings. The molecule has 0 saturated carbocycles. The van der Waals surface area contributed by atoms with Crippen LogP contribution in [0.4, 0.5) is 0 Å². The summed E-state index contributed by atoms with van der Waals surface area (Å²) in [4.78, 5) is 25.3. The number of benzene rings is 7. The first-order valence-electron chi connectivity index (χ1n) is 18.0. The van der Waals surface area contributed by atoms with Gasteiger partial charge in [-0.25, -0.2) is 15.0 Å². The Morgan fingerprint density at radius 3 is 1.38 bits per heavy atom. The summed E-state index contributed by atoms with van der Waals surface area (Å²) >= 11 is 0. The molecule has 4 heterocycles. The fourth-order valence-corrected chi connectivity index (χ4v) is 7.30. The van der Waals surface area contributed by atoms with Crippen LogP contribution in [-0.4, -0.2) is 29.5 Å². The Bertz CT molecular complexity index is 3000. The van der Waals surface area contributed by atoms with Gasteiger partial charge in [0.25, 0.3) is 0 Å². The molecule has 0 aliphatic carbocycles. The van der Waals surface area contributed by atoms with Gasteiger partial charge in [-0.3, -0.25) is 4.57 Å². The first-order chi connectivity index (χ1) is 27.2. The number of nitrogens with zero attached hydrogens (tertiary/aromatic N) is 6. The minimum absolute atomic E-state index is 0.466. The Morgan fingerprint density at radius 1 is 0.345 bits per heavy atom. The summed E-state index contributed by atoms with van der Waals surface area (Å²) in [6, 6.07) is 56.8. The minimum Gasteiger partial charge on any atom is -0.436 e. The molecule has 258 valence electrons. The van der Waals surface area contributed by atoms with E-state index in [9.17, 15) is 0 Å². The average molecular weight is 709 g/mol. The van der Waals surface area contributed by atoms with Crippen LogP contribution in [0.2, 0.25) is 0 Å². The average Bonchev–Trinajstić information content (AvgIpc) is 3.98. The number of rotatable bonds is 6. The van der Waals surface area contributed by atoms with Crippen LogP contribution in [0.1, 0.15) is 0 Å². The van der Waals surface area contributed by atoms with E-state index in [0.717, 1.165) is 66.2 Å². The molecule has 7 aromatic carbocycles. The van der Waals surface area contributed by atoms with Gasteiger partial charge in [0, 0.05) is 33.0 Å². The third kappa shape index (κ3) is 5.35. The van der Waals surface area contributed by atoms with Crippen molar-refractivity contribution in [3.05, 3.63) is 170 Å². The zero-order chi connectivity index (χ0) is 36.3. The van der Waals surface area contributed by atoms with Crippen LogP contribution in [0.15, 0.2) is 179 Å². The van der Waals surface area contributed by atoms with Crippen molar-refractivity contribution in [1.29, 1.82) is 0 Å². The van der Waals surface area contributed by atoms with Gasteiger partial charge < -0.3 is 8.83 Å². The van der Waals surface area contributed by atoms with Gasteiger partial charge in [0.2, 0.25) is 17.7 Å². The van der Waals surface area contributed by atoms with Crippen molar-refractivity contribution in [3.63, 3.8) is 0 Å². The number of aromatic nitrogens is 6. The molecule has 0 bridgehead atoms. The van der Waals surface area contributed by atoms with Crippen molar-refractivity contribution >= 4 is 44.0 Å². The summed E-state index contributed by atoms with van der Waals surface area (Å²) in [6.45, 7) is 0. The molecule has 0 unspecified atom stereocenters. The Labute approximate surface area is 314 Å². The van der Waals surface area contributed by atoms with Crippen molar-refractivity contribution in [2.45, 2.75) is 0 Å². The Kier molecular flexibility index (Phi) is 6.99. The van der Waals surface area contributed by atoms with E-state index in [-0.39, 0.29) is 0 Å². The van der Waals surface area contributed by atoms with Gasteiger partial charge in [0.1, 0.15) is 11.0 Å². The summed E-state index contributed by atoms with van der Waals surface area (Å²) in [5.74, 6) is 2.45. The first-order valence-corrected chi connectivity index (χ1v) is 18.0. The van der Waals surface area contributed by atoms with Crippen molar-refractivity contribution in [2.24, 2.45) is 0 Å². The van der Waals surface area contributed by atoms with Gasteiger partial charge >= 0.3 is 0 Å². The number of hydrogen-bond acceptors (Lipinski definition) is 7. The van der Waals surface area contributed by atoms with Crippen molar-refractivity contribution in [1.82, 2.24) is 29.5 Å².